The van der Waals surface area contributed by atoms with Crippen molar-refractivity contribution in [3.63, 3.8) is 0 Å². The van der Waals surface area contributed by atoms with Crippen molar-refractivity contribution in [2.45, 2.75) is 0 Å². The van der Waals surface area contributed by atoms with Gasteiger partial charge in [0, 0.05) is 37.1 Å². The summed E-state index contributed by atoms with van der Waals surface area (Å²) in [4.78, 5) is 21.8. The lowest BCUT2D eigenvalue weighted by Gasteiger charge is -2.02. The van der Waals surface area contributed by atoms with Gasteiger partial charge >= 0.3 is 5.97 Å². The van der Waals surface area contributed by atoms with Gasteiger partial charge in [-0.05, 0) is 17.7 Å². The number of ether oxygens (including phenoxy) is 1. The predicted octanol–water partition coefficient (Wildman–Crippen LogP) is 2.39. The van der Waals surface area contributed by atoms with E-state index in [1.54, 1.807) is 36.1 Å². The summed E-state index contributed by atoms with van der Waals surface area (Å²) in [5, 5.41) is 10.6. The lowest BCUT2D eigenvalue weighted by molar-refractivity contribution is -0.384. The molecule has 0 atom stereocenters. The average molecular weight is 260 g/mol. The second-order valence-corrected chi connectivity index (χ2v) is 4.05. The Hall–Kier alpha value is -2.63. The average Bonchev–Trinajstić information content (AvgIpc) is 2.80. The number of non-ortho nitro benzene ring substituents is 1. The molecule has 2 rings (SSSR count). The molecule has 98 valence electrons. The summed E-state index contributed by atoms with van der Waals surface area (Å²) >= 11 is 0. The van der Waals surface area contributed by atoms with Gasteiger partial charge in [-0.1, -0.05) is 0 Å². The van der Waals surface area contributed by atoms with Gasteiger partial charge < -0.3 is 9.30 Å². The Morgan fingerprint density at radius 2 is 1.89 bits per heavy atom. The van der Waals surface area contributed by atoms with E-state index in [2.05, 4.69) is 0 Å². The molecule has 0 aliphatic rings. The Bertz CT molecular complexity index is 629. The van der Waals surface area contributed by atoms with E-state index in [1.165, 1.54) is 19.2 Å². The molecule has 0 bridgehead atoms. The lowest BCUT2D eigenvalue weighted by Crippen LogP contribution is -2.01. The highest BCUT2D eigenvalue weighted by Crippen LogP contribution is 2.27. The van der Waals surface area contributed by atoms with E-state index in [0.717, 1.165) is 5.56 Å². The Labute approximate surface area is 109 Å². The second-order valence-electron chi connectivity index (χ2n) is 4.05. The van der Waals surface area contributed by atoms with Crippen molar-refractivity contribution in [2.75, 3.05) is 7.11 Å². The molecule has 0 saturated heterocycles. The van der Waals surface area contributed by atoms with Gasteiger partial charge in [0.25, 0.3) is 5.69 Å². The summed E-state index contributed by atoms with van der Waals surface area (Å²) < 4.78 is 6.45. The number of carbonyl (C=O) groups is 1. The van der Waals surface area contributed by atoms with Crippen molar-refractivity contribution in [1.29, 1.82) is 0 Å². The molecule has 0 N–H and O–H groups in total. The van der Waals surface area contributed by atoms with E-state index in [4.69, 9.17) is 4.74 Å². The first-order valence-corrected chi connectivity index (χ1v) is 5.52. The highest BCUT2D eigenvalue weighted by Gasteiger charge is 2.16. The van der Waals surface area contributed by atoms with Crippen LogP contribution < -0.4 is 0 Å². The Morgan fingerprint density at radius 3 is 2.42 bits per heavy atom. The summed E-state index contributed by atoms with van der Waals surface area (Å²) in [6.07, 6.45) is 3.43. The van der Waals surface area contributed by atoms with Crippen molar-refractivity contribution in [2.24, 2.45) is 7.05 Å². The molecule has 1 aromatic carbocycles. The van der Waals surface area contributed by atoms with Crippen molar-refractivity contribution in [3.8, 4) is 11.1 Å². The summed E-state index contributed by atoms with van der Waals surface area (Å²) in [5.74, 6) is -0.436. The molecule has 0 aliphatic heterocycles. The van der Waals surface area contributed by atoms with Crippen molar-refractivity contribution < 1.29 is 14.5 Å². The Morgan fingerprint density at radius 1 is 1.26 bits per heavy atom. The maximum Gasteiger partial charge on any atom is 0.340 e. The zero-order valence-electron chi connectivity index (χ0n) is 10.5. The van der Waals surface area contributed by atoms with Crippen LogP contribution in [-0.4, -0.2) is 22.6 Å². The van der Waals surface area contributed by atoms with Crippen LogP contribution in [0.3, 0.4) is 0 Å². The number of nitrogens with zero attached hydrogens (tertiary/aromatic N) is 2. The van der Waals surface area contributed by atoms with Crippen molar-refractivity contribution in [3.05, 3.63) is 52.3 Å². The topological polar surface area (TPSA) is 74.4 Å². The second kappa shape index (κ2) is 4.93. The highest BCUT2D eigenvalue weighted by molar-refractivity contribution is 5.97. The molecule has 0 unspecified atom stereocenters. The minimum atomic E-state index is -0.462. The van der Waals surface area contributed by atoms with Crippen LogP contribution in [0.5, 0.6) is 0 Å². The minimum Gasteiger partial charge on any atom is -0.465 e. The maximum atomic E-state index is 11.7. The van der Waals surface area contributed by atoms with E-state index in [9.17, 15) is 14.9 Å². The molecule has 0 radical (unpaired) electrons. The third-order valence-electron chi connectivity index (χ3n) is 2.75. The Balaban J connectivity index is 2.46. The number of methoxy groups -OCH3 is 1. The summed E-state index contributed by atoms with van der Waals surface area (Å²) in [6.45, 7) is 0. The minimum absolute atomic E-state index is 0.0132. The maximum absolute atomic E-state index is 11.7. The quantitative estimate of drug-likeness (QED) is 0.482. The van der Waals surface area contributed by atoms with Gasteiger partial charge in [0.15, 0.2) is 0 Å². The zero-order valence-corrected chi connectivity index (χ0v) is 10.5. The Kier molecular flexibility index (Phi) is 3.33. The predicted molar refractivity (Wildman–Crippen MR) is 68.8 cm³/mol. The van der Waals surface area contributed by atoms with Gasteiger partial charge in [-0.25, -0.2) is 4.79 Å². The number of aryl methyl sites for hydroxylation is 1. The fourth-order valence-corrected chi connectivity index (χ4v) is 1.85. The third kappa shape index (κ3) is 2.47. The number of nitro groups is 1. The van der Waals surface area contributed by atoms with Crippen LogP contribution in [0.2, 0.25) is 0 Å². The van der Waals surface area contributed by atoms with Crippen molar-refractivity contribution >= 4 is 11.7 Å². The first kappa shape index (κ1) is 12.8. The SMILES string of the molecule is COC(=O)c1cn(C)cc1-c1ccc([N+](=O)[O-])cc1. The van der Waals surface area contributed by atoms with Crippen molar-refractivity contribution in [1.82, 2.24) is 4.57 Å². The van der Waals surface area contributed by atoms with Gasteiger partial charge in [-0.2, -0.15) is 0 Å². The van der Waals surface area contributed by atoms with Crippen LogP contribution in [0.4, 0.5) is 5.69 Å². The number of nitro benzene ring substituents is 1. The number of benzene rings is 1. The normalized spacial score (nSPS) is 10.2. The number of hydrogen-bond acceptors (Lipinski definition) is 4. The molecule has 19 heavy (non-hydrogen) atoms. The van der Waals surface area contributed by atoms with E-state index < -0.39 is 10.9 Å². The number of aromatic nitrogens is 1. The van der Waals surface area contributed by atoms with E-state index >= 15 is 0 Å². The van der Waals surface area contributed by atoms with Crippen LogP contribution in [0.15, 0.2) is 36.7 Å². The van der Waals surface area contributed by atoms with Crippen LogP contribution in [-0.2, 0) is 11.8 Å². The number of hydrogen-bond donors (Lipinski definition) is 0. The lowest BCUT2D eigenvalue weighted by atomic mass is 10.0. The monoisotopic (exact) mass is 260 g/mol. The van der Waals surface area contributed by atoms with Crippen LogP contribution in [0, 0.1) is 10.1 Å². The van der Waals surface area contributed by atoms with E-state index in [0.29, 0.717) is 11.1 Å². The highest BCUT2D eigenvalue weighted by atomic mass is 16.6. The number of esters is 1. The van der Waals surface area contributed by atoms with Crippen LogP contribution >= 0.6 is 0 Å². The largest absolute Gasteiger partial charge is 0.465 e. The zero-order chi connectivity index (χ0) is 14.0. The molecule has 6 nitrogen and oxygen atoms in total. The molecule has 0 spiro atoms. The fraction of sp³-hybridized carbons (Fsp3) is 0.154. The molecule has 0 aliphatic carbocycles. The van der Waals surface area contributed by atoms with Crippen LogP contribution in [0.1, 0.15) is 10.4 Å². The molecule has 1 aromatic heterocycles. The molecule has 2 aromatic rings. The third-order valence-corrected chi connectivity index (χ3v) is 2.75. The molecular weight excluding hydrogens is 248 g/mol. The fourth-order valence-electron chi connectivity index (χ4n) is 1.85. The molecule has 0 fully saturated rings. The first-order chi connectivity index (χ1) is 9.02. The molecule has 0 saturated carbocycles. The summed E-state index contributed by atoms with van der Waals surface area (Å²) in [5.41, 5.74) is 1.86. The van der Waals surface area contributed by atoms with Gasteiger partial charge in [-0.3, -0.25) is 10.1 Å². The standard InChI is InChI=1S/C13H12N2O4/c1-14-7-11(12(8-14)13(16)19-2)9-3-5-10(6-4-9)15(17)18/h3-8H,1-2H3. The molecule has 6 heteroatoms. The van der Waals surface area contributed by atoms with Crippen LogP contribution in [0.25, 0.3) is 11.1 Å². The van der Waals surface area contributed by atoms with Gasteiger partial charge in [-0.15, -0.1) is 0 Å². The molecule has 1 heterocycles. The first-order valence-electron chi connectivity index (χ1n) is 5.52. The van der Waals surface area contributed by atoms with Gasteiger partial charge in [0.05, 0.1) is 17.6 Å². The van der Waals surface area contributed by atoms with E-state index in [1.807, 2.05) is 0 Å². The smallest absolute Gasteiger partial charge is 0.340 e. The summed E-state index contributed by atoms with van der Waals surface area (Å²) in [6, 6.07) is 6.03. The van der Waals surface area contributed by atoms with Gasteiger partial charge in [0.2, 0.25) is 0 Å². The number of carbonyl (C=O) groups excluding carboxylic acids is 1. The van der Waals surface area contributed by atoms with Gasteiger partial charge in [0.1, 0.15) is 0 Å². The van der Waals surface area contributed by atoms with E-state index in [-0.39, 0.29) is 5.69 Å². The summed E-state index contributed by atoms with van der Waals surface area (Å²) in [7, 11) is 3.11. The molecule has 0 amide bonds. The molecular formula is C13H12N2O4. The number of rotatable bonds is 3.